The summed E-state index contributed by atoms with van der Waals surface area (Å²) in [6.07, 6.45) is 1.69. The van der Waals surface area contributed by atoms with Gasteiger partial charge in [-0.1, -0.05) is 12.1 Å². The van der Waals surface area contributed by atoms with Crippen LogP contribution in [0.2, 0.25) is 0 Å². The summed E-state index contributed by atoms with van der Waals surface area (Å²) in [6, 6.07) is 11.5. The van der Waals surface area contributed by atoms with E-state index < -0.39 is 0 Å². The highest BCUT2D eigenvalue weighted by atomic mass is 35.5. The third kappa shape index (κ3) is 3.14. The minimum absolute atomic E-state index is 0.428. The van der Waals surface area contributed by atoms with Crippen molar-refractivity contribution in [2.24, 2.45) is 0 Å². The lowest BCUT2D eigenvalue weighted by Gasteiger charge is -2.09. The van der Waals surface area contributed by atoms with E-state index >= 15 is 0 Å². The van der Waals surface area contributed by atoms with Gasteiger partial charge in [0.1, 0.15) is 12.4 Å². The number of hydrogen-bond acceptors (Lipinski definition) is 3. The molecule has 0 bridgehead atoms. The van der Waals surface area contributed by atoms with Crippen LogP contribution in [0.1, 0.15) is 11.1 Å². The van der Waals surface area contributed by atoms with Gasteiger partial charge in [-0.3, -0.25) is 0 Å². The summed E-state index contributed by atoms with van der Waals surface area (Å²) >= 11 is 5.73. The maximum atomic E-state index is 5.73. The van der Waals surface area contributed by atoms with Crippen LogP contribution in [-0.2, 0) is 12.5 Å². The van der Waals surface area contributed by atoms with Crippen molar-refractivity contribution in [3.63, 3.8) is 0 Å². The summed E-state index contributed by atoms with van der Waals surface area (Å²) in [5, 5.41) is 0. The number of hydrogen-bond donors (Lipinski definition) is 0. The molecular formula is C14H14ClNO2. The third-order valence-electron chi connectivity index (χ3n) is 2.52. The van der Waals surface area contributed by atoms with E-state index in [4.69, 9.17) is 21.1 Å². The fourth-order valence-electron chi connectivity index (χ4n) is 1.55. The van der Waals surface area contributed by atoms with E-state index in [-0.39, 0.29) is 0 Å². The van der Waals surface area contributed by atoms with E-state index in [1.807, 2.05) is 36.4 Å². The number of rotatable bonds is 5. The first-order chi connectivity index (χ1) is 8.83. The van der Waals surface area contributed by atoms with Gasteiger partial charge in [-0.25, -0.2) is 4.98 Å². The number of aromatic nitrogens is 1. The fraction of sp³-hybridized carbons (Fsp3) is 0.214. The van der Waals surface area contributed by atoms with Gasteiger partial charge in [0.15, 0.2) is 0 Å². The van der Waals surface area contributed by atoms with Crippen molar-refractivity contribution < 1.29 is 9.47 Å². The largest absolute Gasteiger partial charge is 0.489 e. The lowest BCUT2D eigenvalue weighted by atomic mass is 10.2. The number of halogens is 1. The van der Waals surface area contributed by atoms with Crippen LogP contribution in [0.3, 0.4) is 0 Å². The van der Waals surface area contributed by atoms with Gasteiger partial charge in [-0.05, 0) is 29.8 Å². The predicted molar refractivity (Wildman–Crippen MR) is 71.1 cm³/mol. The number of nitrogens with zero attached hydrogens (tertiary/aromatic N) is 1. The van der Waals surface area contributed by atoms with E-state index in [1.165, 1.54) is 0 Å². The highest BCUT2D eigenvalue weighted by Crippen LogP contribution is 2.18. The zero-order valence-corrected chi connectivity index (χ0v) is 10.9. The highest BCUT2D eigenvalue weighted by Gasteiger charge is 2.04. The molecule has 94 valence electrons. The van der Waals surface area contributed by atoms with E-state index in [2.05, 4.69) is 4.98 Å². The van der Waals surface area contributed by atoms with E-state index in [0.29, 0.717) is 18.4 Å². The van der Waals surface area contributed by atoms with Crippen molar-refractivity contribution in [1.82, 2.24) is 4.98 Å². The van der Waals surface area contributed by atoms with Gasteiger partial charge in [0.2, 0.25) is 5.88 Å². The van der Waals surface area contributed by atoms with Crippen LogP contribution in [0.5, 0.6) is 11.6 Å². The van der Waals surface area contributed by atoms with Crippen LogP contribution in [-0.4, -0.2) is 12.1 Å². The number of pyridine rings is 1. The van der Waals surface area contributed by atoms with E-state index in [9.17, 15) is 0 Å². The van der Waals surface area contributed by atoms with Crippen LogP contribution in [0.15, 0.2) is 42.6 Å². The summed E-state index contributed by atoms with van der Waals surface area (Å²) in [7, 11) is 1.60. The first kappa shape index (κ1) is 12.7. The Hall–Kier alpha value is -1.74. The zero-order valence-electron chi connectivity index (χ0n) is 10.1. The number of methoxy groups -OCH3 is 1. The second kappa shape index (κ2) is 6.26. The number of ether oxygens (including phenoxy) is 2. The lowest BCUT2D eigenvalue weighted by Crippen LogP contribution is -2.00. The summed E-state index contributed by atoms with van der Waals surface area (Å²) < 4.78 is 10.8. The van der Waals surface area contributed by atoms with Gasteiger partial charge in [-0.2, -0.15) is 0 Å². The molecule has 0 saturated carbocycles. The molecular weight excluding hydrogens is 250 g/mol. The van der Waals surface area contributed by atoms with Gasteiger partial charge in [0.25, 0.3) is 0 Å². The van der Waals surface area contributed by atoms with Gasteiger partial charge in [0, 0.05) is 12.1 Å². The first-order valence-corrected chi connectivity index (χ1v) is 6.12. The Labute approximate surface area is 111 Å². The van der Waals surface area contributed by atoms with Crippen LogP contribution in [0, 0.1) is 0 Å². The molecule has 0 aliphatic rings. The average Bonchev–Trinajstić information content (AvgIpc) is 2.46. The van der Waals surface area contributed by atoms with Crippen molar-refractivity contribution in [3.8, 4) is 11.6 Å². The molecule has 3 nitrogen and oxygen atoms in total. The van der Waals surface area contributed by atoms with Crippen molar-refractivity contribution in [2.75, 3.05) is 7.11 Å². The van der Waals surface area contributed by atoms with Crippen LogP contribution in [0.4, 0.5) is 0 Å². The molecule has 4 heteroatoms. The Bertz CT molecular complexity index is 499. The standard InChI is InChI=1S/C14H14ClNO2/c1-17-14-12(3-2-8-16-14)10-18-13-6-4-11(9-15)5-7-13/h2-8H,9-10H2,1H3. The minimum atomic E-state index is 0.428. The third-order valence-corrected chi connectivity index (χ3v) is 2.82. The minimum Gasteiger partial charge on any atom is -0.489 e. The van der Waals surface area contributed by atoms with Crippen LogP contribution < -0.4 is 9.47 Å². The Morgan fingerprint density at radius 1 is 1.17 bits per heavy atom. The maximum Gasteiger partial charge on any atom is 0.219 e. The lowest BCUT2D eigenvalue weighted by molar-refractivity contribution is 0.294. The Kier molecular flexibility index (Phi) is 4.42. The van der Waals surface area contributed by atoms with E-state index in [0.717, 1.165) is 16.9 Å². The molecule has 0 aliphatic carbocycles. The Morgan fingerprint density at radius 3 is 2.61 bits per heavy atom. The molecule has 0 aliphatic heterocycles. The molecule has 0 fully saturated rings. The zero-order chi connectivity index (χ0) is 12.8. The second-order valence-electron chi connectivity index (χ2n) is 3.74. The average molecular weight is 264 g/mol. The van der Waals surface area contributed by atoms with Crippen molar-refractivity contribution in [3.05, 3.63) is 53.7 Å². The molecule has 1 heterocycles. The summed E-state index contributed by atoms with van der Waals surface area (Å²) in [6.45, 7) is 0.428. The quantitative estimate of drug-likeness (QED) is 0.775. The SMILES string of the molecule is COc1ncccc1COc1ccc(CCl)cc1. The summed E-state index contributed by atoms with van der Waals surface area (Å²) in [4.78, 5) is 4.12. The van der Waals surface area contributed by atoms with Crippen molar-refractivity contribution >= 4 is 11.6 Å². The summed E-state index contributed by atoms with van der Waals surface area (Å²) in [5.41, 5.74) is 1.99. The first-order valence-electron chi connectivity index (χ1n) is 5.59. The molecule has 0 N–H and O–H groups in total. The molecule has 18 heavy (non-hydrogen) atoms. The highest BCUT2D eigenvalue weighted by molar-refractivity contribution is 6.17. The normalized spacial score (nSPS) is 10.1. The second-order valence-corrected chi connectivity index (χ2v) is 4.01. The maximum absolute atomic E-state index is 5.73. The van der Waals surface area contributed by atoms with Crippen LogP contribution >= 0.6 is 11.6 Å². The molecule has 1 aromatic carbocycles. The Balaban J connectivity index is 2.02. The predicted octanol–water partition coefficient (Wildman–Crippen LogP) is 3.41. The fourth-order valence-corrected chi connectivity index (χ4v) is 1.73. The number of benzene rings is 1. The van der Waals surface area contributed by atoms with E-state index in [1.54, 1.807) is 13.3 Å². The Morgan fingerprint density at radius 2 is 1.94 bits per heavy atom. The van der Waals surface area contributed by atoms with Crippen LogP contribution in [0.25, 0.3) is 0 Å². The van der Waals surface area contributed by atoms with Gasteiger partial charge in [0.05, 0.1) is 12.7 Å². The molecule has 2 rings (SSSR count). The van der Waals surface area contributed by atoms with Gasteiger partial charge < -0.3 is 9.47 Å². The van der Waals surface area contributed by atoms with Gasteiger partial charge >= 0.3 is 0 Å². The molecule has 0 amide bonds. The topological polar surface area (TPSA) is 31.4 Å². The monoisotopic (exact) mass is 263 g/mol. The molecule has 0 radical (unpaired) electrons. The molecule has 0 unspecified atom stereocenters. The molecule has 1 aromatic heterocycles. The molecule has 0 spiro atoms. The van der Waals surface area contributed by atoms with Crippen molar-refractivity contribution in [1.29, 1.82) is 0 Å². The molecule has 2 aromatic rings. The number of alkyl halides is 1. The van der Waals surface area contributed by atoms with Gasteiger partial charge in [-0.15, -0.1) is 11.6 Å². The smallest absolute Gasteiger partial charge is 0.219 e. The molecule has 0 atom stereocenters. The summed E-state index contributed by atoms with van der Waals surface area (Å²) in [5.74, 6) is 1.90. The van der Waals surface area contributed by atoms with Crippen molar-refractivity contribution in [2.45, 2.75) is 12.5 Å². The molecule has 0 saturated heterocycles.